The predicted molar refractivity (Wildman–Crippen MR) is 120 cm³/mol. The molecule has 0 radical (unpaired) electrons. The number of ether oxygens (including phenoxy) is 1. The maximum atomic E-state index is 12.8. The van der Waals surface area contributed by atoms with Crippen molar-refractivity contribution in [3.05, 3.63) is 66.2 Å². The number of rotatable bonds is 10. The fourth-order valence-electron chi connectivity index (χ4n) is 2.89. The number of aromatic nitrogens is 4. The minimum atomic E-state index is -1.31. The van der Waals surface area contributed by atoms with Crippen LogP contribution in [0.2, 0.25) is 0 Å². The number of hydrogen-bond donors (Lipinski definition) is 2. The first-order valence-electron chi connectivity index (χ1n) is 9.70. The number of anilines is 2. The number of ketones is 1. The highest BCUT2D eigenvalue weighted by Crippen LogP contribution is 2.20. The summed E-state index contributed by atoms with van der Waals surface area (Å²) >= 11 is 0. The Balaban J connectivity index is 0.00000385. The predicted octanol–water partition coefficient (Wildman–Crippen LogP) is 2.20. The summed E-state index contributed by atoms with van der Waals surface area (Å²) in [6.07, 6.45) is -1.50. The van der Waals surface area contributed by atoms with E-state index in [2.05, 4.69) is 20.8 Å². The van der Waals surface area contributed by atoms with Crippen LogP contribution >= 0.6 is 12.4 Å². The molecule has 1 amide bonds. The average Bonchev–Trinajstić information content (AvgIpc) is 3.25. The van der Waals surface area contributed by atoms with E-state index in [9.17, 15) is 19.5 Å². The molecule has 3 aromatic rings. The minimum absolute atomic E-state index is 0. The second-order valence-electron chi connectivity index (χ2n) is 6.85. The van der Waals surface area contributed by atoms with Crippen LogP contribution in [0.1, 0.15) is 12.0 Å². The summed E-state index contributed by atoms with van der Waals surface area (Å²) in [6.45, 7) is -0.351. The molecule has 174 valence electrons. The van der Waals surface area contributed by atoms with E-state index in [1.807, 2.05) is 36.4 Å². The van der Waals surface area contributed by atoms with Gasteiger partial charge in [-0.25, -0.2) is 9.48 Å². The molecule has 0 saturated carbocycles. The van der Waals surface area contributed by atoms with Gasteiger partial charge in [-0.3, -0.25) is 9.59 Å². The number of carboxylic acids is 1. The van der Waals surface area contributed by atoms with Gasteiger partial charge in [-0.2, -0.15) is 0 Å². The van der Waals surface area contributed by atoms with Gasteiger partial charge in [-0.1, -0.05) is 53.6 Å². The van der Waals surface area contributed by atoms with Crippen LogP contribution in [0, 0.1) is 0 Å². The molecule has 1 unspecified atom stereocenters. The average molecular weight is 475 g/mol. The number of carboxylic acid groups (broad SMARTS) is 1. The maximum Gasteiger partial charge on any atom is 0.408 e. The fourth-order valence-corrected chi connectivity index (χ4v) is 2.89. The van der Waals surface area contributed by atoms with E-state index in [4.69, 9.17) is 4.74 Å². The first-order valence-corrected chi connectivity index (χ1v) is 9.70. The molecule has 11 nitrogen and oxygen atoms in total. The lowest BCUT2D eigenvalue weighted by atomic mass is 10.1. The summed E-state index contributed by atoms with van der Waals surface area (Å²) in [5.74, 6) is -1.55. The van der Waals surface area contributed by atoms with Crippen LogP contribution in [0.25, 0.3) is 0 Å². The number of carbonyl (C=O) groups excluding carboxylic acids is 2. The van der Waals surface area contributed by atoms with Crippen LogP contribution < -0.4 is 10.2 Å². The molecule has 1 heterocycles. The monoisotopic (exact) mass is 474 g/mol. The summed E-state index contributed by atoms with van der Waals surface area (Å²) in [7, 11) is 1.73. The largest absolute Gasteiger partial charge is 0.481 e. The lowest BCUT2D eigenvalue weighted by molar-refractivity contribution is -0.139. The Morgan fingerprint density at radius 3 is 2.36 bits per heavy atom. The molecule has 1 aromatic heterocycles. The number of amides is 1. The number of nitrogens with zero attached hydrogens (tertiary/aromatic N) is 5. The van der Waals surface area contributed by atoms with Crippen molar-refractivity contribution in [2.24, 2.45) is 0 Å². The highest BCUT2D eigenvalue weighted by Gasteiger charge is 2.26. The first-order chi connectivity index (χ1) is 15.4. The lowest BCUT2D eigenvalue weighted by Gasteiger charge is -2.19. The Morgan fingerprint density at radius 1 is 1.09 bits per heavy atom. The zero-order valence-electron chi connectivity index (χ0n) is 17.7. The highest BCUT2D eigenvalue weighted by molar-refractivity contribution is 5.90. The van der Waals surface area contributed by atoms with Crippen molar-refractivity contribution < 1.29 is 24.2 Å². The van der Waals surface area contributed by atoms with Crippen molar-refractivity contribution >= 4 is 41.9 Å². The molecule has 0 aliphatic heterocycles. The van der Waals surface area contributed by atoms with E-state index in [1.165, 1.54) is 4.68 Å². The van der Waals surface area contributed by atoms with Crippen LogP contribution in [0.15, 0.2) is 60.7 Å². The number of aliphatic carboxylic acids is 1. The lowest BCUT2D eigenvalue weighted by Crippen LogP contribution is -2.44. The van der Waals surface area contributed by atoms with Crippen LogP contribution in [-0.4, -0.2) is 56.2 Å². The van der Waals surface area contributed by atoms with Gasteiger partial charge in [0.05, 0.1) is 6.42 Å². The fraction of sp³-hybridized carbons (Fsp3) is 0.238. The third-order valence-electron chi connectivity index (χ3n) is 4.53. The van der Waals surface area contributed by atoms with Crippen LogP contribution in [-0.2, 0) is 27.5 Å². The number of alkyl carbamates (subject to hydrolysis) is 1. The molecule has 3 rings (SSSR count). The van der Waals surface area contributed by atoms with E-state index in [0.29, 0.717) is 0 Å². The second kappa shape index (κ2) is 12.2. The van der Waals surface area contributed by atoms with E-state index in [1.54, 1.807) is 36.2 Å². The minimum Gasteiger partial charge on any atom is -0.481 e. The summed E-state index contributed by atoms with van der Waals surface area (Å²) < 4.78 is 6.33. The van der Waals surface area contributed by atoms with Gasteiger partial charge in [-0.05, 0) is 28.1 Å². The Labute approximate surface area is 195 Å². The van der Waals surface area contributed by atoms with E-state index < -0.39 is 30.3 Å². The summed E-state index contributed by atoms with van der Waals surface area (Å²) in [6, 6.07) is 16.9. The standard InChI is InChI=1S/C21H22N6O5.ClH/c1-26(16-10-6-3-7-11-16)20-23-24-25-27(20)13-18(28)17(12-19(29)30)22-21(31)32-14-15-8-4-2-5-9-15;/h2-11,17H,12-14H2,1H3,(H,22,31)(H,29,30);1H. The van der Waals surface area contributed by atoms with Crippen molar-refractivity contribution in [3.63, 3.8) is 0 Å². The molecule has 0 fully saturated rings. The van der Waals surface area contributed by atoms with Crippen LogP contribution in [0.3, 0.4) is 0 Å². The van der Waals surface area contributed by atoms with Crippen molar-refractivity contribution in [1.29, 1.82) is 0 Å². The molecule has 0 aliphatic rings. The van der Waals surface area contributed by atoms with Gasteiger partial charge < -0.3 is 20.1 Å². The normalized spacial score (nSPS) is 11.1. The van der Waals surface area contributed by atoms with Crippen molar-refractivity contribution in [2.75, 3.05) is 11.9 Å². The van der Waals surface area contributed by atoms with Crippen molar-refractivity contribution in [1.82, 2.24) is 25.5 Å². The number of halogens is 1. The van der Waals surface area contributed by atoms with E-state index >= 15 is 0 Å². The van der Waals surface area contributed by atoms with Crippen molar-refractivity contribution in [2.45, 2.75) is 25.6 Å². The molecule has 12 heteroatoms. The number of Topliss-reactive ketones (excluding diaryl/α,β-unsaturated/α-hetero) is 1. The molecule has 1 atom stereocenters. The van der Waals surface area contributed by atoms with Gasteiger partial charge in [0.15, 0.2) is 5.78 Å². The third kappa shape index (κ3) is 7.28. The number of nitrogens with one attached hydrogen (secondary N) is 1. The zero-order valence-corrected chi connectivity index (χ0v) is 18.5. The quantitative estimate of drug-likeness (QED) is 0.452. The SMILES string of the molecule is CN(c1ccccc1)c1nnnn1CC(=O)C(CC(=O)O)NC(=O)OCc1ccccc1.Cl. The molecule has 0 spiro atoms. The molecule has 0 saturated heterocycles. The van der Waals surface area contributed by atoms with Gasteiger partial charge in [0.2, 0.25) is 5.95 Å². The number of para-hydroxylation sites is 1. The Hall–Kier alpha value is -3.99. The van der Waals surface area contributed by atoms with Gasteiger partial charge in [-0.15, -0.1) is 12.4 Å². The number of hydrogen-bond acceptors (Lipinski definition) is 8. The smallest absolute Gasteiger partial charge is 0.408 e. The van der Waals surface area contributed by atoms with Gasteiger partial charge in [0.1, 0.15) is 19.2 Å². The van der Waals surface area contributed by atoms with Crippen molar-refractivity contribution in [3.8, 4) is 0 Å². The highest BCUT2D eigenvalue weighted by atomic mass is 35.5. The van der Waals surface area contributed by atoms with Gasteiger partial charge in [0.25, 0.3) is 0 Å². The molecule has 0 aliphatic carbocycles. The Morgan fingerprint density at radius 2 is 1.73 bits per heavy atom. The zero-order chi connectivity index (χ0) is 22.9. The Bertz CT molecular complexity index is 1060. The van der Waals surface area contributed by atoms with Crippen LogP contribution in [0.5, 0.6) is 0 Å². The number of benzene rings is 2. The molecule has 2 aromatic carbocycles. The molecular formula is C21H23ClN6O5. The third-order valence-corrected chi connectivity index (χ3v) is 4.53. The summed E-state index contributed by atoms with van der Waals surface area (Å²) in [4.78, 5) is 37.9. The van der Waals surface area contributed by atoms with Gasteiger partial charge in [0, 0.05) is 12.7 Å². The first kappa shape index (κ1) is 25.3. The maximum absolute atomic E-state index is 12.8. The topological polar surface area (TPSA) is 140 Å². The molecule has 0 bridgehead atoms. The summed E-state index contributed by atoms with van der Waals surface area (Å²) in [5.41, 5.74) is 1.55. The van der Waals surface area contributed by atoms with Crippen LogP contribution in [0.4, 0.5) is 16.4 Å². The number of carbonyl (C=O) groups is 3. The molecule has 33 heavy (non-hydrogen) atoms. The summed E-state index contributed by atoms with van der Waals surface area (Å²) in [5, 5.41) is 22.9. The van der Waals surface area contributed by atoms with Gasteiger partial charge >= 0.3 is 12.1 Å². The Kier molecular flexibility index (Phi) is 9.30. The van der Waals surface area contributed by atoms with E-state index in [-0.39, 0.29) is 31.5 Å². The van der Waals surface area contributed by atoms with E-state index in [0.717, 1.165) is 11.3 Å². The molecular weight excluding hydrogens is 452 g/mol. The molecule has 2 N–H and O–H groups in total. The second-order valence-corrected chi connectivity index (χ2v) is 6.85. The number of tetrazole rings is 1.